The van der Waals surface area contributed by atoms with Crippen molar-refractivity contribution < 1.29 is 4.74 Å². The molecule has 2 nitrogen and oxygen atoms in total. The second-order valence-corrected chi connectivity index (χ2v) is 4.44. The molecule has 2 aromatic carbocycles. The van der Waals surface area contributed by atoms with E-state index >= 15 is 0 Å². The van der Waals surface area contributed by atoms with Crippen molar-refractivity contribution in [1.29, 1.82) is 0 Å². The molecule has 0 unspecified atom stereocenters. The molecule has 2 heteroatoms. The molecule has 0 saturated heterocycles. The molecule has 2 aromatic rings. The van der Waals surface area contributed by atoms with Crippen molar-refractivity contribution in [1.82, 2.24) is 0 Å². The molecule has 0 amide bonds. The van der Waals surface area contributed by atoms with Gasteiger partial charge in [-0.3, -0.25) is 0 Å². The molecule has 0 aliphatic rings. The minimum absolute atomic E-state index is 0.597. The Morgan fingerprint density at radius 3 is 2.39 bits per heavy atom. The zero-order valence-electron chi connectivity index (χ0n) is 10.7. The van der Waals surface area contributed by atoms with Gasteiger partial charge >= 0.3 is 0 Å². The number of hydrogen-bond donors (Lipinski definition) is 1. The summed E-state index contributed by atoms with van der Waals surface area (Å²) in [6.07, 6.45) is 0.915. The van der Waals surface area contributed by atoms with E-state index in [4.69, 9.17) is 10.5 Å². The zero-order chi connectivity index (χ0) is 12.8. The SMILES string of the molecule is Cc1cccc(OCCc2ccc(CN)cc2)c1. The molecule has 0 atom stereocenters. The lowest BCUT2D eigenvalue weighted by atomic mass is 10.1. The minimum atomic E-state index is 0.597. The lowest BCUT2D eigenvalue weighted by molar-refractivity contribution is 0.322. The third kappa shape index (κ3) is 3.60. The van der Waals surface area contributed by atoms with Crippen LogP contribution in [-0.2, 0) is 13.0 Å². The first kappa shape index (κ1) is 12.7. The second-order valence-electron chi connectivity index (χ2n) is 4.44. The van der Waals surface area contributed by atoms with E-state index in [0.29, 0.717) is 13.2 Å². The maximum Gasteiger partial charge on any atom is 0.119 e. The lowest BCUT2D eigenvalue weighted by Gasteiger charge is -2.07. The summed E-state index contributed by atoms with van der Waals surface area (Å²) in [6.45, 7) is 3.36. The molecule has 0 heterocycles. The highest BCUT2D eigenvalue weighted by atomic mass is 16.5. The van der Waals surface area contributed by atoms with Crippen molar-refractivity contribution in [3.05, 3.63) is 65.2 Å². The first-order valence-corrected chi connectivity index (χ1v) is 6.25. The van der Waals surface area contributed by atoms with E-state index in [1.807, 2.05) is 12.1 Å². The quantitative estimate of drug-likeness (QED) is 0.873. The van der Waals surface area contributed by atoms with E-state index in [1.165, 1.54) is 16.7 Å². The van der Waals surface area contributed by atoms with Crippen LogP contribution in [0.4, 0.5) is 0 Å². The van der Waals surface area contributed by atoms with Gasteiger partial charge in [0.2, 0.25) is 0 Å². The monoisotopic (exact) mass is 241 g/mol. The Labute approximate surface area is 108 Å². The average molecular weight is 241 g/mol. The van der Waals surface area contributed by atoms with Gasteiger partial charge in [0.15, 0.2) is 0 Å². The van der Waals surface area contributed by atoms with Crippen molar-refractivity contribution in [2.24, 2.45) is 5.73 Å². The molecule has 0 saturated carbocycles. The highest BCUT2D eigenvalue weighted by Crippen LogP contribution is 2.13. The molecule has 94 valence electrons. The van der Waals surface area contributed by atoms with Crippen LogP contribution in [0.3, 0.4) is 0 Å². The number of benzene rings is 2. The summed E-state index contributed by atoms with van der Waals surface area (Å²) in [4.78, 5) is 0. The first-order valence-electron chi connectivity index (χ1n) is 6.25. The fourth-order valence-electron chi connectivity index (χ4n) is 1.83. The number of nitrogens with two attached hydrogens (primary N) is 1. The first-order chi connectivity index (χ1) is 8.78. The molecular weight excluding hydrogens is 222 g/mol. The molecule has 18 heavy (non-hydrogen) atoms. The van der Waals surface area contributed by atoms with Crippen molar-refractivity contribution in [2.75, 3.05) is 6.61 Å². The van der Waals surface area contributed by atoms with Gasteiger partial charge in [0.25, 0.3) is 0 Å². The Kier molecular flexibility index (Phi) is 4.37. The third-order valence-corrected chi connectivity index (χ3v) is 2.91. The minimum Gasteiger partial charge on any atom is -0.493 e. The van der Waals surface area contributed by atoms with Crippen LogP contribution in [-0.4, -0.2) is 6.61 Å². The maximum atomic E-state index is 5.72. The normalized spacial score (nSPS) is 10.3. The summed E-state index contributed by atoms with van der Waals surface area (Å²) in [5, 5.41) is 0. The van der Waals surface area contributed by atoms with Gasteiger partial charge in [0, 0.05) is 13.0 Å². The van der Waals surface area contributed by atoms with Gasteiger partial charge in [-0.25, -0.2) is 0 Å². The Balaban J connectivity index is 1.84. The largest absolute Gasteiger partial charge is 0.493 e. The summed E-state index contributed by atoms with van der Waals surface area (Å²) in [6, 6.07) is 16.5. The van der Waals surface area contributed by atoms with E-state index in [1.54, 1.807) is 0 Å². The van der Waals surface area contributed by atoms with Crippen LogP contribution < -0.4 is 10.5 Å². The van der Waals surface area contributed by atoms with E-state index < -0.39 is 0 Å². The van der Waals surface area contributed by atoms with Crippen LogP contribution in [0.25, 0.3) is 0 Å². The van der Waals surface area contributed by atoms with Crippen LogP contribution in [0.5, 0.6) is 5.75 Å². The summed E-state index contributed by atoms with van der Waals surface area (Å²) in [7, 11) is 0. The Bertz CT molecular complexity index is 491. The lowest BCUT2D eigenvalue weighted by Crippen LogP contribution is -2.02. The number of aryl methyl sites for hydroxylation is 1. The van der Waals surface area contributed by atoms with Gasteiger partial charge in [0.05, 0.1) is 6.61 Å². The molecule has 0 aliphatic heterocycles. The van der Waals surface area contributed by atoms with Crippen molar-refractivity contribution in [2.45, 2.75) is 19.9 Å². The van der Waals surface area contributed by atoms with E-state index in [9.17, 15) is 0 Å². The molecule has 0 spiro atoms. The Hall–Kier alpha value is -1.80. The van der Waals surface area contributed by atoms with Crippen LogP contribution in [0, 0.1) is 6.92 Å². The Morgan fingerprint density at radius 2 is 1.72 bits per heavy atom. The van der Waals surface area contributed by atoms with Crippen LogP contribution in [0.2, 0.25) is 0 Å². The van der Waals surface area contributed by atoms with Crippen LogP contribution in [0.1, 0.15) is 16.7 Å². The van der Waals surface area contributed by atoms with Crippen molar-refractivity contribution in [3.8, 4) is 5.75 Å². The molecule has 0 aromatic heterocycles. The molecular formula is C16H19NO. The van der Waals surface area contributed by atoms with E-state index in [0.717, 1.165) is 12.2 Å². The summed E-state index contributed by atoms with van der Waals surface area (Å²) in [5.74, 6) is 0.938. The van der Waals surface area contributed by atoms with Gasteiger partial charge in [-0.2, -0.15) is 0 Å². The summed E-state index contributed by atoms with van der Waals surface area (Å²) >= 11 is 0. The molecule has 0 bridgehead atoms. The highest BCUT2D eigenvalue weighted by molar-refractivity contribution is 5.27. The summed E-state index contributed by atoms with van der Waals surface area (Å²) < 4.78 is 5.72. The van der Waals surface area contributed by atoms with E-state index in [-0.39, 0.29) is 0 Å². The molecule has 2 rings (SSSR count). The van der Waals surface area contributed by atoms with Crippen molar-refractivity contribution in [3.63, 3.8) is 0 Å². The number of ether oxygens (including phenoxy) is 1. The van der Waals surface area contributed by atoms with E-state index in [2.05, 4.69) is 43.3 Å². The van der Waals surface area contributed by atoms with Crippen LogP contribution >= 0.6 is 0 Å². The fraction of sp³-hybridized carbons (Fsp3) is 0.250. The molecule has 0 radical (unpaired) electrons. The fourth-order valence-corrected chi connectivity index (χ4v) is 1.83. The zero-order valence-corrected chi connectivity index (χ0v) is 10.7. The van der Waals surface area contributed by atoms with Gasteiger partial charge in [-0.15, -0.1) is 0 Å². The number of rotatable bonds is 5. The van der Waals surface area contributed by atoms with Gasteiger partial charge in [-0.05, 0) is 35.7 Å². The second kappa shape index (κ2) is 6.22. The van der Waals surface area contributed by atoms with Crippen LogP contribution in [0.15, 0.2) is 48.5 Å². The number of hydrogen-bond acceptors (Lipinski definition) is 2. The van der Waals surface area contributed by atoms with Crippen molar-refractivity contribution >= 4 is 0 Å². The predicted molar refractivity (Wildman–Crippen MR) is 74.7 cm³/mol. The standard InChI is InChI=1S/C16H19NO/c1-13-3-2-4-16(11-13)18-10-9-14-5-7-15(12-17)8-6-14/h2-8,11H,9-10,12,17H2,1H3. The maximum absolute atomic E-state index is 5.72. The molecule has 0 aliphatic carbocycles. The van der Waals surface area contributed by atoms with Gasteiger partial charge in [-0.1, -0.05) is 36.4 Å². The topological polar surface area (TPSA) is 35.2 Å². The predicted octanol–water partition coefficient (Wildman–Crippen LogP) is 3.08. The smallest absolute Gasteiger partial charge is 0.119 e. The third-order valence-electron chi connectivity index (χ3n) is 2.91. The molecule has 0 fully saturated rings. The van der Waals surface area contributed by atoms with Gasteiger partial charge < -0.3 is 10.5 Å². The summed E-state index contributed by atoms with van der Waals surface area (Å²) in [5.41, 5.74) is 9.23. The average Bonchev–Trinajstić information content (AvgIpc) is 2.40. The van der Waals surface area contributed by atoms with Gasteiger partial charge in [0.1, 0.15) is 5.75 Å². The highest BCUT2D eigenvalue weighted by Gasteiger charge is 1.96. The molecule has 2 N–H and O–H groups in total. The Morgan fingerprint density at radius 1 is 1.00 bits per heavy atom.